The Labute approximate surface area is 118 Å². The van der Waals surface area contributed by atoms with Crippen LogP contribution in [0.2, 0.25) is 0 Å². The van der Waals surface area contributed by atoms with Crippen molar-refractivity contribution in [3.63, 3.8) is 0 Å². The van der Waals surface area contributed by atoms with Crippen molar-refractivity contribution in [2.24, 2.45) is 5.92 Å². The Kier molecular flexibility index (Phi) is 6.56. The fourth-order valence-corrected chi connectivity index (χ4v) is 1.57. The van der Waals surface area contributed by atoms with E-state index in [0.29, 0.717) is 30.4 Å². The van der Waals surface area contributed by atoms with Gasteiger partial charge in [-0.3, -0.25) is 9.59 Å². The molecule has 20 heavy (non-hydrogen) atoms. The number of para-hydroxylation sites is 2. The second kappa shape index (κ2) is 8.19. The molecule has 5 heteroatoms. The first-order valence-corrected chi connectivity index (χ1v) is 6.72. The molecule has 0 saturated carbocycles. The van der Waals surface area contributed by atoms with Gasteiger partial charge >= 0.3 is 5.97 Å². The topological polar surface area (TPSA) is 75.6 Å². The van der Waals surface area contributed by atoms with E-state index >= 15 is 0 Å². The molecule has 0 atom stereocenters. The number of amides is 1. The summed E-state index contributed by atoms with van der Waals surface area (Å²) in [6.07, 6.45) is 0.514. The van der Waals surface area contributed by atoms with E-state index in [1.165, 1.54) is 0 Å². The minimum atomic E-state index is -0.890. The van der Waals surface area contributed by atoms with Crippen molar-refractivity contribution in [2.45, 2.75) is 33.1 Å². The summed E-state index contributed by atoms with van der Waals surface area (Å²) in [6, 6.07) is 7.23. The number of carbonyl (C=O) groups is 2. The molecule has 0 saturated heterocycles. The van der Waals surface area contributed by atoms with Crippen LogP contribution >= 0.6 is 0 Å². The standard InChI is InChI=1S/C15H21NO4/c1-11(2)10-20-13-7-4-3-6-12(13)16-14(17)8-5-9-15(18)19/h3-4,6-7,11H,5,8-10H2,1-2H3,(H,16,17)(H,18,19). The van der Waals surface area contributed by atoms with Gasteiger partial charge in [0.15, 0.2) is 0 Å². The molecule has 1 aromatic carbocycles. The number of aliphatic carboxylic acids is 1. The largest absolute Gasteiger partial charge is 0.491 e. The van der Waals surface area contributed by atoms with Gasteiger partial charge in [-0.25, -0.2) is 0 Å². The molecule has 2 N–H and O–H groups in total. The summed E-state index contributed by atoms with van der Waals surface area (Å²) in [5.74, 6) is -0.0626. The Morgan fingerprint density at radius 1 is 1.25 bits per heavy atom. The van der Waals surface area contributed by atoms with Gasteiger partial charge in [0.2, 0.25) is 5.91 Å². The summed E-state index contributed by atoms with van der Waals surface area (Å²) in [7, 11) is 0. The van der Waals surface area contributed by atoms with Crippen molar-refractivity contribution in [3.05, 3.63) is 24.3 Å². The number of anilines is 1. The van der Waals surface area contributed by atoms with Crippen molar-refractivity contribution >= 4 is 17.6 Å². The van der Waals surface area contributed by atoms with E-state index in [1.54, 1.807) is 12.1 Å². The molecular weight excluding hydrogens is 258 g/mol. The minimum absolute atomic E-state index is 0.00108. The van der Waals surface area contributed by atoms with Crippen LogP contribution in [-0.2, 0) is 9.59 Å². The highest BCUT2D eigenvalue weighted by molar-refractivity contribution is 5.92. The summed E-state index contributed by atoms with van der Waals surface area (Å²) in [5.41, 5.74) is 0.619. The molecule has 0 aliphatic carbocycles. The summed E-state index contributed by atoms with van der Waals surface area (Å²) >= 11 is 0. The van der Waals surface area contributed by atoms with Crippen LogP contribution in [0, 0.1) is 5.92 Å². The van der Waals surface area contributed by atoms with Gasteiger partial charge in [-0.15, -0.1) is 0 Å². The summed E-state index contributed by atoms with van der Waals surface area (Å²) < 4.78 is 5.63. The molecule has 0 spiro atoms. The van der Waals surface area contributed by atoms with Crippen molar-refractivity contribution in [1.29, 1.82) is 0 Å². The number of rotatable bonds is 8. The first kappa shape index (κ1) is 16.0. The number of hydrogen-bond donors (Lipinski definition) is 2. The Balaban J connectivity index is 2.53. The Morgan fingerprint density at radius 3 is 2.60 bits per heavy atom. The van der Waals surface area contributed by atoms with Crippen LogP contribution in [0.3, 0.4) is 0 Å². The lowest BCUT2D eigenvalue weighted by Gasteiger charge is -2.13. The Hall–Kier alpha value is -2.04. The van der Waals surface area contributed by atoms with Gasteiger partial charge in [-0.05, 0) is 24.5 Å². The molecule has 0 radical (unpaired) electrons. The highest BCUT2D eigenvalue weighted by atomic mass is 16.5. The Bertz CT molecular complexity index is 457. The molecule has 0 unspecified atom stereocenters. The zero-order valence-electron chi connectivity index (χ0n) is 11.9. The second-order valence-corrected chi connectivity index (χ2v) is 5.00. The van der Waals surface area contributed by atoms with E-state index < -0.39 is 5.97 Å². The average Bonchev–Trinajstić information content (AvgIpc) is 2.37. The zero-order chi connectivity index (χ0) is 15.0. The molecule has 0 aromatic heterocycles. The maximum Gasteiger partial charge on any atom is 0.303 e. The van der Waals surface area contributed by atoms with Gasteiger partial charge in [0.05, 0.1) is 12.3 Å². The highest BCUT2D eigenvalue weighted by Crippen LogP contribution is 2.24. The molecule has 0 aliphatic rings. The van der Waals surface area contributed by atoms with Gasteiger partial charge < -0.3 is 15.2 Å². The molecule has 0 aliphatic heterocycles. The zero-order valence-corrected chi connectivity index (χ0v) is 11.9. The lowest BCUT2D eigenvalue weighted by molar-refractivity contribution is -0.137. The van der Waals surface area contributed by atoms with Gasteiger partial charge in [0.1, 0.15) is 5.75 Å². The third-order valence-corrected chi connectivity index (χ3v) is 2.53. The molecule has 1 amide bonds. The van der Waals surface area contributed by atoms with Gasteiger partial charge in [-0.1, -0.05) is 26.0 Å². The van der Waals surface area contributed by atoms with Gasteiger partial charge in [0.25, 0.3) is 0 Å². The van der Waals surface area contributed by atoms with Crippen molar-refractivity contribution in [3.8, 4) is 5.75 Å². The van der Waals surface area contributed by atoms with Crippen molar-refractivity contribution < 1.29 is 19.4 Å². The Morgan fingerprint density at radius 2 is 1.95 bits per heavy atom. The van der Waals surface area contributed by atoms with Crippen molar-refractivity contribution in [2.75, 3.05) is 11.9 Å². The van der Waals surface area contributed by atoms with Gasteiger partial charge in [-0.2, -0.15) is 0 Å². The molecule has 1 rings (SSSR count). The normalized spacial score (nSPS) is 10.3. The van der Waals surface area contributed by atoms with Crippen LogP contribution < -0.4 is 10.1 Å². The smallest absolute Gasteiger partial charge is 0.303 e. The quantitative estimate of drug-likeness (QED) is 0.767. The predicted molar refractivity (Wildman–Crippen MR) is 76.9 cm³/mol. The maximum atomic E-state index is 11.7. The monoisotopic (exact) mass is 279 g/mol. The number of carboxylic acid groups (broad SMARTS) is 1. The fraction of sp³-hybridized carbons (Fsp3) is 0.467. The molecule has 5 nitrogen and oxygen atoms in total. The average molecular weight is 279 g/mol. The third-order valence-electron chi connectivity index (χ3n) is 2.53. The molecule has 110 valence electrons. The second-order valence-electron chi connectivity index (χ2n) is 5.00. The highest BCUT2D eigenvalue weighted by Gasteiger charge is 2.09. The van der Waals surface area contributed by atoms with E-state index in [1.807, 2.05) is 26.0 Å². The predicted octanol–water partition coefficient (Wildman–Crippen LogP) is 2.91. The fourth-order valence-electron chi connectivity index (χ4n) is 1.57. The number of hydrogen-bond acceptors (Lipinski definition) is 3. The lowest BCUT2D eigenvalue weighted by Crippen LogP contribution is -2.13. The SMILES string of the molecule is CC(C)COc1ccccc1NC(=O)CCCC(=O)O. The minimum Gasteiger partial charge on any atom is -0.491 e. The number of benzene rings is 1. The van der Waals surface area contributed by atoms with E-state index in [2.05, 4.69) is 5.32 Å². The van der Waals surface area contributed by atoms with Gasteiger partial charge in [0, 0.05) is 12.8 Å². The van der Waals surface area contributed by atoms with Crippen LogP contribution in [0.4, 0.5) is 5.69 Å². The number of carboxylic acids is 1. The first-order chi connectivity index (χ1) is 9.49. The van der Waals surface area contributed by atoms with Crippen LogP contribution in [0.5, 0.6) is 5.75 Å². The van der Waals surface area contributed by atoms with E-state index in [4.69, 9.17) is 9.84 Å². The summed E-state index contributed by atoms with van der Waals surface area (Å²) in [5, 5.41) is 11.3. The lowest BCUT2D eigenvalue weighted by atomic mass is 10.2. The molecule has 0 fully saturated rings. The molecular formula is C15H21NO4. The summed E-state index contributed by atoms with van der Waals surface area (Å²) in [4.78, 5) is 22.1. The first-order valence-electron chi connectivity index (χ1n) is 6.72. The molecule has 1 aromatic rings. The number of ether oxygens (including phenoxy) is 1. The molecule has 0 heterocycles. The maximum absolute atomic E-state index is 11.7. The van der Waals surface area contributed by atoms with Crippen LogP contribution in [0.25, 0.3) is 0 Å². The van der Waals surface area contributed by atoms with Crippen LogP contribution in [0.15, 0.2) is 24.3 Å². The number of nitrogens with one attached hydrogen (secondary N) is 1. The van der Waals surface area contributed by atoms with Crippen molar-refractivity contribution in [1.82, 2.24) is 0 Å². The number of carbonyl (C=O) groups excluding carboxylic acids is 1. The molecule has 0 bridgehead atoms. The van der Waals surface area contributed by atoms with E-state index in [-0.39, 0.29) is 18.7 Å². The summed E-state index contributed by atoms with van der Waals surface area (Å²) in [6.45, 7) is 4.67. The van der Waals surface area contributed by atoms with Crippen LogP contribution in [-0.4, -0.2) is 23.6 Å². The van der Waals surface area contributed by atoms with E-state index in [0.717, 1.165) is 0 Å². The van der Waals surface area contributed by atoms with E-state index in [9.17, 15) is 9.59 Å². The third kappa shape index (κ3) is 6.22. The van der Waals surface area contributed by atoms with Crippen LogP contribution in [0.1, 0.15) is 33.1 Å².